The van der Waals surface area contributed by atoms with Gasteiger partial charge in [-0.1, -0.05) is 22.6 Å². The van der Waals surface area contributed by atoms with Crippen molar-refractivity contribution in [1.29, 1.82) is 0 Å². The van der Waals surface area contributed by atoms with E-state index < -0.39 is 0 Å². The van der Waals surface area contributed by atoms with Gasteiger partial charge in [0.1, 0.15) is 0 Å². The van der Waals surface area contributed by atoms with Gasteiger partial charge >= 0.3 is 0 Å². The third-order valence-corrected chi connectivity index (χ3v) is 4.29. The van der Waals surface area contributed by atoms with Crippen LogP contribution in [0, 0.1) is 0 Å². The molecule has 0 saturated heterocycles. The summed E-state index contributed by atoms with van der Waals surface area (Å²) in [4.78, 5) is 15.8. The molecule has 0 spiro atoms. The molecule has 1 aromatic carbocycles. The molecule has 0 radical (unpaired) electrons. The van der Waals surface area contributed by atoms with Crippen LogP contribution in [0.3, 0.4) is 0 Å². The van der Waals surface area contributed by atoms with Gasteiger partial charge in [0, 0.05) is 27.1 Å². The summed E-state index contributed by atoms with van der Waals surface area (Å²) >= 11 is 4.06. The molecule has 17 heavy (non-hydrogen) atoms. The average Bonchev–Trinajstić information content (AvgIpc) is 2.72. The van der Waals surface area contributed by atoms with Gasteiger partial charge in [-0.3, -0.25) is 4.79 Å². The summed E-state index contributed by atoms with van der Waals surface area (Å²) in [7, 11) is 0. The van der Waals surface area contributed by atoms with Crippen LogP contribution in [0.25, 0.3) is 10.9 Å². The molecule has 0 saturated carbocycles. The number of aromatic nitrogens is 1. The van der Waals surface area contributed by atoms with Crippen LogP contribution < -0.4 is 0 Å². The van der Waals surface area contributed by atoms with Crippen LogP contribution in [0.4, 0.5) is 0 Å². The summed E-state index contributed by atoms with van der Waals surface area (Å²) in [5, 5.41) is 1.05. The van der Waals surface area contributed by atoms with Crippen molar-refractivity contribution in [2.45, 2.75) is 17.7 Å². The highest BCUT2D eigenvalue weighted by Gasteiger charge is 2.10. The van der Waals surface area contributed by atoms with E-state index >= 15 is 0 Å². The minimum Gasteiger partial charge on any atom is -0.358 e. The van der Waals surface area contributed by atoms with Gasteiger partial charge < -0.3 is 4.98 Å². The van der Waals surface area contributed by atoms with E-state index in [4.69, 9.17) is 0 Å². The van der Waals surface area contributed by atoms with E-state index in [1.807, 2.05) is 6.26 Å². The van der Waals surface area contributed by atoms with Crippen molar-refractivity contribution in [3.8, 4) is 0 Å². The van der Waals surface area contributed by atoms with Crippen LogP contribution in [-0.2, 0) is 6.42 Å². The number of aryl methyl sites for hydroxylation is 1. The van der Waals surface area contributed by atoms with Crippen LogP contribution in [-0.4, -0.2) is 22.0 Å². The Morgan fingerprint density at radius 1 is 1.47 bits per heavy atom. The fourth-order valence-corrected chi connectivity index (χ4v) is 2.77. The second-order valence-electron chi connectivity index (χ2n) is 3.84. The van der Waals surface area contributed by atoms with E-state index in [0.717, 1.165) is 45.7 Å². The molecule has 0 aliphatic rings. The first-order valence-electron chi connectivity index (χ1n) is 5.50. The Labute approximate surface area is 119 Å². The lowest BCUT2D eigenvalue weighted by Gasteiger charge is -1.97. The fourth-order valence-electron chi connectivity index (χ4n) is 1.95. The number of aldehydes is 1. The van der Waals surface area contributed by atoms with Crippen LogP contribution in [0.2, 0.25) is 0 Å². The SMILES string of the molecule is CSc1ccc2[nH]c(CCCI)c(C=O)c2c1. The van der Waals surface area contributed by atoms with Gasteiger partial charge in [-0.15, -0.1) is 11.8 Å². The zero-order valence-electron chi connectivity index (χ0n) is 9.63. The number of halogens is 1. The zero-order valence-corrected chi connectivity index (χ0v) is 12.6. The minimum absolute atomic E-state index is 0.834. The summed E-state index contributed by atoms with van der Waals surface area (Å²) in [6.07, 6.45) is 5.07. The van der Waals surface area contributed by atoms with Gasteiger partial charge in [-0.25, -0.2) is 0 Å². The number of carbonyl (C=O) groups is 1. The Morgan fingerprint density at radius 3 is 2.94 bits per heavy atom. The maximum atomic E-state index is 11.2. The number of carbonyl (C=O) groups excluding carboxylic acids is 1. The molecule has 0 aliphatic carbocycles. The Morgan fingerprint density at radius 2 is 2.29 bits per heavy atom. The number of nitrogens with one attached hydrogen (secondary N) is 1. The number of alkyl halides is 1. The lowest BCUT2D eigenvalue weighted by molar-refractivity contribution is 0.112. The number of hydrogen-bond acceptors (Lipinski definition) is 2. The number of fused-ring (bicyclic) bond motifs is 1. The lowest BCUT2D eigenvalue weighted by atomic mass is 10.1. The van der Waals surface area contributed by atoms with Crippen molar-refractivity contribution in [3.63, 3.8) is 0 Å². The molecular formula is C13H14INOS. The zero-order chi connectivity index (χ0) is 12.3. The van der Waals surface area contributed by atoms with E-state index in [-0.39, 0.29) is 0 Å². The van der Waals surface area contributed by atoms with E-state index in [2.05, 4.69) is 45.8 Å². The van der Waals surface area contributed by atoms with Crippen molar-refractivity contribution >= 4 is 51.5 Å². The molecular weight excluding hydrogens is 345 g/mol. The molecule has 0 aliphatic heterocycles. The van der Waals surface area contributed by atoms with Crippen LogP contribution in [0.15, 0.2) is 23.1 Å². The van der Waals surface area contributed by atoms with Gasteiger partial charge in [0.05, 0.1) is 0 Å². The van der Waals surface area contributed by atoms with Crippen molar-refractivity contribution in [2.75, 3.05) is 10.7 Å². The molecule has 90 valence electrons. The summed E-state index contributed by atoms with van der Waals surface area (Å²) < 4.78 is 1.11. The molecule has 0 unspecified atom stereocenters. The maximum Gasteiger partial charge on any atom is 0.152 e. The molecule has 0 atom stereocenters. The highest BCUT2D eigenvalue weighted by atomic mass is 127. The van der Waals surface area contributed by atoms with Crippen LogP contribution in [0.5, 0.6) is 0 Å². The largest absolute Gasteiger partial charge is 0.358 e. The number of thioether (sulfide) groups is 1. The van der Waals surface area contributed by atoms with Gasteiger partial charge in [0.15, 0.2) is 6.29 Å². The summed E-state index contributed by atoms with van der Waals surface area (Å²) in [6.45, 7) is 0. The van der Waals surface area contributed by atoms with Crippen molar-refractivity contribution in [1.82, 2.24) is 4.98 Å². The summed E-state index contributed by atoms with van der Waals surface area (Å²) in [5.74, 6) is 0. The van der Waals surface area contributed by atoms with Crippen molar-refractivity contribution in [3.05, 3.63) is 29.5 Å². The molecule has 2 aromatic rings. The number of aromatic amines is 1. The monoisotopic (exact) mass is 359 g/mol. The summed E-state index contributed by atoms with van der Waals surface area (Å²) in [6, 6.07) is 6.23. The topological polar surface area (TPSA) is 32.9 Å². The number of rotatable bonds is 5. The van der Waals surface area contributed by atoms with Gasteiger partial charge in [0.2, 0.25) is 0 Å². The third-order valence-electron chi connectivity index (χ3n) is 2.81. The molecule has 2 nitrogen and oxygen atoms in total. The number of hydrogen-bond donors (Lipinski definition) is 1. The molecule has 1 N–H and O–H groups in total. The molecule has 0 amide bonds. The first-order valence-corrected chi connectivity index (χ1v) is 8.25. The van der Waals surface area contributed by atoms with Crippen LogP contribution in [0.1, 0.15) is 22.5 Å². The summed E-state index contributed by atoms with van der Waals surface area (Å²) in [5.41, 5.74) is 2.97. The number of benzene rings is 1. The highest BCUT2D eigenvalue weighted by Crippen LogP contribution is 2.26. The molecule has 1 heterocycles. The van der Waals surface area contributed by atoms with Gasteiger partial charge in [0.25, 0.3) is 0 Å². The van der Waals surface area contributed by atoms with E-state index in [0.29, 0.717) is 0 Å². The molecule has 2 rings (SSSR count). The van der Waals surface area contributed by atoms with Crippen LogP contribution >= 0.6 is 34.4 Å². The standard InChI is InChI=1S/C13H14INOS/c1-17-9-4-5-13-10(7-9)11(8-16)12(15-13)3-2-6-14/h4-5,7-8,15H,2-3,6H2,1H3. The molecule has 1 aromatic heterocycles. The first kappa shape index (κ1) is 13.0. The van der Waals surface area contributed by atoms with E-state index in [1.165, 1.54) is 4.90 Å². The minimum atomic E-state index is 0.834. The maximum absolute atomic E-state index is 11.2. The Hall–Kier alpha value is -0.490. The normalized spacial score (nSPS) is 10.9. The van der Waals surface area contributed by atoms with Crippen molar-refractivity contribution < 1.29 is 4.79 Å². The molecule has 0 fully saturated rings. The molecule has 4 heteroatoms. The predicted molar refractivity (Wildman–Crippen MR) is 82.7 cm³/mol. The van der Waals surface area contributed by atoms with E-state index in [9.17, 15) is 4.79 Å². The third kappa shape index (κ3) is 2.68. The molecule has 0 bridgehead atoms. The quantitative estimate of drug-likeness (QED) is 0.378. The van der Waals surface area contributed by atoms with E-state index in [1.54, 1.807) is 11.8 Å². The average molecular weight is 359 g/mol. The van der Waals surface area contributed by atoms with Gasteiger partial charge in [-0.2, -0.15) is 0 Å². The fraction of sp³-hybridized carbons (Fsp3) is 0.308. The smallest absolute Gasteiger partial charge is 0.152 e. The Kier molecular flexibility index (Phi) is 4.50. The lowest BCUT2D eigenvalue weighted by Crippen LogP contribution is -1.91. The highest BCUT2D eigenvalue weighted by molar-refractivity contribution is 14.1. The first-order chi connectivity index (χ1) is 8.30. The predicted octanol–water partition coefficient (Wildman–Crippen LogP) is 4.07. The second kappa shape index (κ2) is 5.91. The van der Waals surface area contributed by atoms with Crippen molar-refractivity contribution in [2.24, 2.45) is 0 Å². The Balaban J connectivity index is 2.51. The number of H-pyrrole nitrogens is 1. The van der Waals surface area contributed by atoms with Gasteiger partial charge in [-0.05, 0) is 41.7 Å². The second-order valence-corrected chi connectivity index (χ2v) is 5.80. The Bertz CT molecular complexity index is 535.